The topological polar surface area (TPSA) is 43.0 Å². The molecule has 4 nitrogen and oxygen atoms in total. The molecule has 0 amide bonds. The second-order valence-electron chi connectivity index (χ2n) is 5.37. The van der Waals surface area contributed by atoms with Crippen molar-refractivity contribution in [3.05, 3.63) is 53.0 Å². The summed E-state index contributed by atoms with van der Waals surface area (Å²) in [5, 5.41) is 9.12. The second kappa shape index (κ2) is 5.74. The molecule has 3 rings (SSSR count). The maximum Gasteiger partial charge on any atom is 0.134 e. The molecule has 0 bridgehead atoms. The standard InChI is InChI=1S/C17H21N3O/c1-4-18-10-15-14-7-5-6-8-16(14)21-17(15)11-20-13(3)9-12(2)19-20/h5-9,18H,4,10-11H2,1-3H3. The van der Waals surface area contributed by atoms with Crippen molar-refractivity contribution in [3.63, 3.8) is 0 Å². The Morgan fingerprint density at radius 1 is 1.24 bits per heavy atom. The Labute approximate surface area is 124 Å². The number of nitrogens with one attached hydrogen (secondary N) is 1. The van der Waals surface area contributed by atoms with E-state index in [0.717, 1.165) is 35.8 Å². The minimum absolute atomic E-state index is 0.676. The van der Waals surface area contributed by atoms with Crippen LogP contribution >= 0.6 is 0 Å². The van der Waals surface area contributed by atoms with Crippen LogP contribution in [0, 0.1) is 13.8 Å². The maximum atomic E-state index is 6.06. The Morgan fingerprint density at radius 3 is 2.76 bits per heavy atom. The van der Waals surface area contributed by atoms with Crippen molar-refractivity contribution in [1.29, 1.82) is 0 Å². The van der Waals surface area contributed by atoms with Crippen molar-refractivity contribution in [1.82, 2.24) is 15.1 Å². The number of benzene rings is 1. The number of hydrogen-bond acceptors (Lipinski definition) is 3. The molecule has 110 valence electrons. The van der Waals surface area contributed by atoms with E-state index >= 15 is 0 Å². The number of rotatable bonds is 5. The van der Waals surface area contributed by atoms with Gasteiger partial charge in [0.05, 0.1) is 12.2 Å². The van der Waals surface area contributed by atoms with Crippen LogP contribution in [0.15, 0.2) is 34.7 Å². The van der Waals surface area contributed by atoms with Gasteiger partial charge in [-0.05, 0) is 32.5 Å². The van der Waals surface area contributed by atoms with Crippen molar-refractivity contribution in [3.8, 4) is 0 Å². The molecule has 0 aliphatic heterocycles. The molecule has 1 N–H and O–H groups in total. The van der Waals surface area contributed by atoms with Crippen LogP contribution in [-0.4, -0.2) is 16.3 Å². The Balaban J connectivity index is 2.02. The van der Waals surface area contributed by atoms with Crippen LogP contribution in [0.5, 0.6) is 0 Å². The molecule has 0 unspecified atom stereocenters. The number of aromatic nitrogens is 2. The SMILES string of the molecule is CCNCc1c(Cn2nc(C)cc2C)oc2ccccc12. The third-order valence-corrected chi connectivity index (χ3v) is 3.73. The minimum atomic E-state index is 0.676. The van der Waals surface area contributed by atoms with Gasteiger partial charge in [-0.25, -0.2) is 0 Å². The van der Waals surface area contributed by atoms with Gasteiger partial charge in [-0.15, -0.1) is 0 Å². The van der Waals surface area contributed by atoms with E-state index in [0.29, 0.717) is 6.54 Å². The Bertz CT molecular complexity index is 755. The molecule has 21 heavy (non-hydrogen) atoms. The van der Waals surface area contributed by atoms with Crippen LogP contribution in [0.2, 0.25) is 0 Å². The van der Waals surface area contributed by atoms with Crippen LogP contribution in [0.25, 0.3) is 11.0 Å². The molecule has 4 heteroatoms. The van der Waals surface area contributed by atoms with E-state index < -0.39 is 0 Å². The van der Waals surface area contributed by atoms with E-state index in [1.807, 2.05) is 23.7 Å². The molecule has 0 aliphatic carbocycles. The summed E-state index contributed by atoms with van der Waals surface area (Å²) in [6.07, 6.45) is 0. The van der Waals surface area contributed by atoms with Crippen molar-refractivity contribution >= 4 is 11.0 Å². The predicted octanol–water partition coefficient (Wildman–Crippen LogP) is 3.40. The molecule has 0 saturated heterocycles. The van der Waals surface area contributed by atoms with Gasteiger partial charge in [0.15, 0.2) is 0 Å². The fourth-order valence-electron chi connectivity index (χ4n) is 2.69. The minimum Gasteiger partial charge on any atom is -0.459 e. The largest absolute Gasteiger partial charge is 0.459 e. The van der Waals surface area contributed by atoms with Crippen molar-refractivity contribution in [2.45, 2.75) is 33.9 Å². The molecule has 0 saturated carbocycles. The molecule has 0 radical (unpaired) electrons. The summed E-state index contributed by atoms with van der Waals surface area (Å²) in [5.41, 5.74) is 4.38. The summed E-state index contributed by atoms with van der Waals surface area (Å²) in [7, 11) is 0. The van der Waals surface area contributed by atoms with Gasteiger partial charge in [-0.3, -0.25) is 4.68 Å². The second-order valence-corrected chi connectivity index (χ2v) is 5.37. The highest BCUT2D eigenvalue weighted by Gasteiger charge is 2.15. The first-order chi connectivity index (χ1) is 10.2. The van der Waals surface area contributed by atoms with E-state index in [1.165, 1.54) is 10.9 Å². The zero-order chi connectivity index (χ0) is 14.8. The molecular weight excluding hydrogens is 262 g/mol. The van der Waals surface area contributed by atoms with Gasteiger partial charge in [-0.1, -0.05) is 25.1 Å². The Kier molecular flexibility index (Phi) is 3.80. The van der Waals surface area contributed by atoms with Gasteiger partial charge in [0.1, 0.15) is 11.3 Å². The van der Waals surface area contributed by atoms with E-state index in [1.54, 1.807) is 0 Å². The zero-order valence-corrected chi connectivity index (χ0v) is 12.8. The molecule has 2 heterocycles. The lowest BCUT2D eigenvalue weighted by atomic mass is 10.1. The fraction of sp³-hybridized carbons (Fsp3) is 0.353. The van der Waals surface area contributed by atoms with Crippen LogP contribution < -0.4 is 5.32 Å². The summed E-state index contributed by atoms with van der Waals surface area (Å²) in [5.74, 6) is 0.989. The van der Waals surface area contributed by atoms with Gasteiger partial charge in [0.2, 0.25) is 0 Å². The monoisotopic (exact) mass is 283 g/mol. The van der Waals surface area contributed by atoms with E-state index in [9.17, 15) is 0 Å². The highest BCUT2D eigenvalue weighted by molar-refractivity contribution is 5.82. The molecule has 3 aromatic rings. The first-order valence-corrected chi connectivity index (χ1v) is 7.40. The number of aryl methyl sites for hydroxylation is 2. The van der Waals surface area contributed by atoms with Crippen molar-refractivity contribution in [2.75, 3.05) is 6.54 Å². The summed E-state index contributed by atoms with van der Waals surface area (Å²) < 4.78 is 8.07. The molecule has 0 aliphatic rings. The molecule has 0 fully saturated rings. The normalized spacial score (nSPS) is 11.4. The third-order valence-electron chi connectivity index (χ3n) is 3.73. The summed E-state index contributed by atoms with van der Waals surface area (Å²) >= 11 is 0. The van der Waals surface area contributed by atoms with Gasteiger partial charge in [0.25, 0.3) is 0 Å². The third kappa shape index (κ3) is 2.72. The number of hydrogen-bond donors (Lipinski definition) is 1. The van der Waals surface area contributed by atoms with Gasteiger partial charge >= 0.3 is 0 Å². The maximum absolute atomic E-state index is 6.06. The number of fused-ring (bicyclic) bond motifs is 1. The number of nitrogens with zero attached hydrogens (tertiary/aromatic N) is 2. The average Bonchev–Trinajstić information content (AvgIpc) is 2.97. The first kappa shape index (κ1) is 13.9. The Hall–Kier alpha value is -2.07. The molecule has 0 spiro atoms. The number of para-hydroxylation sites is 1. The smallest absolute Gasteiger partial charge is 0.134 e. The lowest BCUT2D eigenvalue weighted by Gasteiger charge is -2.06. The van der Waals surface area contributed by atoms with Gasteiger partial charge < -0.3 is 9.73 Å². The average molecular weight is 283 g/mol. The van der Waals surface area contributed by atoms with E-state index in [2.05, 4.69) is 42.5 Å². The fourth-order valence-corrected chi connectivity index (χ4v) is 2.69. The van der Waals surface area contributed by atoms with Crippen LogP contribution in [0.1, 0.15) is 29.6 Å². The quantitative estimate of drug-likeness (QED) is 0.780. The lowest BCUT2D eigenvalue weighted by molar-refractivity contribution is 0.495. The molecular formula is C17H21N3O. The number of furan rings is 1. The van der Waals surface area contributed by atoms with E-state index in [-0.39, 0.29) is 0 Å². The highest BCUT2D eigenvalue weighted by Crippen LogP contribution is 2.26. The Morgan fingerprint density at radius 2 is 2.05 bits per heavy atom. The predicted molar refractivity (Wildman–Crippen MR) is 84.4 cm³/mol. The van der Waals surface area contributed by atoms with Crippen molar-refractivity contribution in [2.24, 2.45) is 0 Å². The van der Waals surface area contributed by atoms with Gasteiger partial charge in [-0.2, -0.15) is 5.10 Å². The van der Waals surface area contributed by atoms with Crippen LogP contribution in [0.4, 0.5) is 0 Å². The molecule has 0 atom stereocenters. The zero-order valence-electron chi connectivity index (χ0n) is 12.8. The van der Waals surface area contributed by atoms with Gasteiger partial charge in [0, 0.05) is 23.2 Å². The lowest BCUT2D eigenvalue weighted by Crippen LogP contribution is -2.14. The molecule has 1 aromatic carbocycles. The summed E-state index contributed by atoms with van der Waals surface area (Å²) in [4.78, 5) is 0. The first-order valence-electron chi connectivity index (χ1n) is 7.40. The summed E-state index contributed by atoms with van der Waals surface area (Å²) in [6.45, 7) is 8.65. The van der Waals surface area contributed by atoms with Crippen LogP contribution in [0.3, 0.4) is 0 Å². The molecule has 2 aromatic heterocycles. The summed E-state index contributed by atoms with van der Waals surface area (Å²) in [6, 6.07) is 10.3. The highest BCUT2D eigenvalue weighted by atomic mass is 16.3. The van der Waals surface area contributed by atoms with Crippen molar-refractivity contribution < 1.29 is 4.42 Å². The van der Waals surface area contributed by atoms with E-state index in [4.69, 9.17) is 4.42 Å². The van der Waals surface area contributed by atoms with Crippen LogP contribution in [-0.2, 0) is 13.1 Å².